The number of guanidine groups is 1. The summed E-state index contributed by atoms with van der Waals surface area (Å²) in [5.74, 6) is -0.577. The van der Waals surface area contributed by atoms with E-state index in [1.54, 1.807) is 13.1 Å². The Hall–Kier alpha value is -2.89. The highest BCUT2D eigenvalue weighted by Crippen LogP contribution is 2.50. The Morgan fingerprint density at radius 3 is 2.50 bits per heavy atom. The molecule has 2 aromatic carbocycles. The SMILES string of the molecule is CN1C(=O)C2(CC(C)(C)Oc3c(F)cc(-c4ccccc4)cc32)N=C1N. The average molecular weight is 353 g/mol. The van der Waals surface area contributed by atoms with Gasteiger partial charge in [-0.05, 0) is 37.1 Å². The van der Waals surface area contributed by atoms with Gasteiger partial charge in [0.05, 0.1) is 0 Å². The number of rotatable bonds is 1. The normalized spacial score (nSPS) is 23.6. The van der Waals surface area contributed by atoms with Gasteiger partial charge >= 0.3 is 0 Å². The van der Waals surface area contributed by atoms with Crippen LogP contribution < -0.4 is 10.5 Å². The third kappa shape index (κ3) is 2.29. The summed E-state index contributed by atoms with van der Waals surface area (Å²) >= 11 is 0. The van der Waals surface area contributed by atoms with Crippen LogP contribution in [-0.4, -0.2) is 29.4 Å². The van der Waals surface area contributed by atoms with Crippen molar-refractivity contribution in [1.82, 2.24) is 4.90 Å². The molecule has 0 saturated carbocycles. The number of carbonyl (C=O) groups excluding carboxylic acids is 1. The van der Waals surface area contributed by atoms with Crippen LogP contribution >= 0.6 is 0 Å². The van der Waals surface area contributed by atoms with Crippen molar-refractivity contribution in [2.45, 2.75) is 31.4 Å². The zero-order valence-electron chi connectivity index (χ0n) is 14.9. The quantitative estimate of drug-likeness (QED) is 0.857. The first kappa shape index (κ1) is 16.6. The van der Waals surface area contributed by atoms with Crippen LogP contribution in [0.2, 0.25) is 0 Å². The van der Waals surface area contributed by atoms with Crippen molar-refractivity contribution >= 4 is 11.9 Å². The molecule has 1 unspecified atom stereocenters. The van der Waals surface area contributed by atoms with Gasteiger partial charge in [-0.1, -0.05) is 30.3 Å². The molecular formula is C20H20FN3O2. The summed E-state index contributed by atoms with van der Waals surface area (Å²) in [6, 6.07) is 12.7. The maximum absolute atomic E-state index is 15.0. The Labute approximate surface area is 151 Å². The van der Waals surface area contributed by atoms with Gasteiger partial charge in [-0.2, -0.15) is 0 Å². The summed E-state index contributed by atoms with van der Waals surface area (Å²) in [4.78, 5) is 18.9. The second-order valence-electron chi connectivity index (χ2n) is 7.43. The molecule has 0 bridgehead atoms. The van der Waals surface area contributed by atoms with Crippen LogP contribution in [0.1, 0.15) is 25.8 Å². The van der Waals surface area contributed by atoms with Crippen LogP contribution in [0.15, 0.2) is 47.5 Å². The fourth-order valence-electron chi connectivity index (χ4n) is 3.82. The highest BCUT2D eigenvalue weighted by atomic mass is 19.1. The van der Waals surface area contributed by atoms with Crippen LogP contribution in [0.3, 0.4) is 0 Å². The largest absolute Gasteiger partial charge is 0.484 e. The number of nitrogens with two attached hydrogens (primary N) is 1. The van der Waals surface area contributed by atoms with Gasteiger partial charge < -0.3 is 10.5 Å². The number of hydrogen-bond donors (Lipinski definition) is 1. The molecule has 0 radical (unpaired) electrons. The smallest absolute Gasteiger partial charge is 0.261 e. The number of benzene rings is 2. The summed E-state index contributed by atoms with van der Waals surface area (Å²) in [5, 5.41) is 0. The lowest BCUT2D eigenvalue weighted by Crippen LogP contribution is -2.49. The van der Waals surface area contributed by atoms with E-state index in [4.69, 9.17) is 10.5 Å². The number of hydrogen-bond acceptors (Lipinski definition) is 4. The Morgan fingerprint density at radius 1 is 1.19 bits per heavy atom. The number of nitrogens with zero attached hydrogens (tertiary/aromatic N) is 2. The van der Waals surface area contributed by atoms with Crippen LogP contribution in [0.5, 0.6) is 5.75 Å². The summed E-state index contributed by atoms with van der Waals surface area (Å²) in [6.45, 7) is 3.64. The zero-order chi connectivity index (χ0) is 18.7. The molecule has 1 atom stereocenters. The number of carbonyl (C=O) groups is 1. The first-order chi connectivity index (χ1) is 12.2. The Kier molecular flexibility index (Phi) is 3.38. The lowest BCUT2D eigenvalue weighted by molar-refractivity contribution is -0.133. The van der Waals surface area contributed by atoms with E-state index in [2.05, 4.69) is 4.99 Å². The van der Waals surface area contributed by atoms with E-state index in [1.807, 2.05) is 44.2 Å². The van der Waals surface area contributed by atoms with Crippen LogP contribution in [0, 0.1) is 5.82 Å². The summed E-state index contributed by atoms with van der Waals surface area (Å²) < 4.78 is 20.9. The lowest BCUT2D eigenvalue weighted by atomic mass is 9.76. The minimum Gasteiger partial charge on any atom is -0.484 e. The van der Waals surface area contributed by atoms with Gasteiger partial charge in [0, 0.05) is 19.0 Å². The van der Waals surface area contributed by atoms with Crippen molar-refractivity contribution in [3.8, 4) is 16.9 Å². The molecular weight excluding hydrogens is 333 g/mol. The maximum atomic E-state index is 15.0. The predicted octanol–water partition coefficient (Wildman–Crippen LogP) is 3.04. The van der Waals surface area contributed by atoms with E-state index in [0.717, 1.165) is 5.56 Å². The maximum Gasteiger partial charge on any atom is 0.261 e. The molecule has 0 aromatic heterocycles. The van der Waals surface area contributed by atoms with Gasteiger partial charge in [-0.3, -0.25) is 9.69 Å². The molecule has 2 aliphatic rings. The van der Waals surface area contributed by atoms with Gasteiger partial charge in [0.25, 0.3) is 5.91 Å². The first-order valence-corrected chi connectivity index (χ1v) is 8.45. The third-order valence-corrected chi connectivity index (χ3v) is 4.96. The molecule has 1 amide bonds. The van der Waals surface area contributed by atoms with Crippen molar-refractivity contribution in [2.24, 2.45) is 10.7 Å². The lowest BCUT2D eigenvalue weighted by Gasteiger charge is -2.41. The monoisotopic (exact) mass is 353 g/mol. The van der Waals surface area contributed by atoms with Crippen molar-refractivity contribution in [2.75, 3.05) is 7.05 Å². The molecule has 26 heavy (non-hydrogen) atoms. The highest BCUT2D eigenvalue weighted by Gasteiger charge is 2.56. The fraction of sp³-hybridized carbons (Fsp3) is 0.300. The molecule has 6 heteroatoms. The second kappa shape index (κ2) is 5.30. The van der Waals surface area contributed by atoms with E-state index < -0.39 is 17.0 Å². The van der Waals surface area contributed by atoms with Crippen molar-refractivity contribution < 1.29 is 13.9 Å². The van der Waals surface area contributed by atoms with Crippen LogP contribution in [-0.2, 0) is 10.3 Å². The summed E-state index contributed by atoms with van der Waals surface area (Å²) in [5.41, 5.74) is 5.85. The standard InChI is InChI=1S/C20H20FN3O2/c1-19(2)11-20(17(25)24(3)18(22)23-20)14-9-13(10-15(21)16(14)26-19)12-7-5-4-6-8-12/h4-10H,11H2,1-3H3,(H2,22,23). The summed E-state index contributed by atoms with van der Waals surface area (Å²) in [6.07, 6.45) is 0.286. The average Bonchev–Trinajstić information content (AvgIpc) is 2.80. The summed E-state index contributed by atoms with van der Waals surface area (Å²) in [7, 11) is 1.58. The highest BCUT2D eigenvalue weighted by molar-refractivity contribution is 6.07. The van der Waals surface area contributed by atoms with Crippen LogP contribution in [0.4, 0.5) is 4.39 Å². The van der Waals surface area contributed by atoms with E-state index in [9.17, 15) is 9.18 Å². The van der Waals surface area contributed by atoms with Gasteiger partial charge in [0.2, 0.25) is 0 Å². The minimum absolute atomic E-state index is 0.0705. The molecule has 1 spiro atoms. The molecule has 134 valence electrons. The van der Waals surface area contributed by atoms with E-state index in [-0.39, 0.29) is 24.0 Å². The van der Waals surface area contributed by atoms with Gasteiger partial charge in [0.15, 0.2) is 23.1 Å². The Morgan fingerprint density at radius 2 is 1.88 bits per heavy atom. The van der Waals surface area contributed by atoms with E-state index >= 15 is 0 Å². The molecule has 0 aliphatic carbocycles. The molecule has 2 aromatic rings. The molecule has 4 rings (SSSR count). The molecule has 0 fully saturated rings. The van der Waals surface area contributed by atoms with E-state index in [1.165, 1.54) is 11.0 Å². The minimum atomic E-state index is -1.26. The first-order valence-electron chi connectivity index (χ1n) is 8.45. The van der Waals surface area contributed by atoms with Crippen LogP contribution in [0.25, 0.3) is 11.1 Å². The van der Waals surface area contributed by atoms with E-state index in [0.29, 0.717) is 11.1 Å². The molecule has 2 aliphatic heterocycles. The van der Waals surface area contributed by atoms with Gasteiger partial charge in [-0.25, -0.2) is 9.38 Å². The topological polar surface area (TPSA) is 67.9 Å². The molecule has 2 N–H and O–H groups in total. The van der Waals surface area contributed by atoms with Crippen molar-refractivity contribution in [1.29, 1.82) is 0 Å². The predicted molar refractivity (Wildman–Crippen MR) is 97.2 cm³/mol. The zero-order valence-corrected chi connectivity index (χ0v) is 14.9. The molecule has 5 nitrogen and oxygen atoms in total. The Bertz CT molecular complexity index is 940. The van der Waals surface area contributed by atoms with Gasteiger partial charge in [0.1, 0.15) is 5.60 Å². The third-order valence-electron chi connectivity index (χ3n) is 4.96. The number of aliphatic imine (C=N–C) groups is 1. The molecule has 2 heterocycles. The van der Waals surface area contributed by atoms with Crippen molar-refractivity contribution in [3.63, 3.8) is 0 Å². The number of ether oxygens (including phenoxy) is 1. The Balaban J connectivity index is 1.99. The van der Waals surface area contributed by atoms with Gasteiger partial charge in [-0.15, -0.1) is 0 Å². The fourth-order valence-corrected chi connectivity index (χ4v) is 3.82. The second-order valence-corrected chi connectivity index (χ2v) is 7.43. The number of fused-ring (bicyclic) bond motifs is 2. The molecule has 0 saturated heterocycles. The number of halogens is 1. The van der Waals surface area contributed by atoms with Crippen molar-refractivity contribution in [3.05, 3.63) is 53.8 Å². The number of likely N-dealkylation sites (N-methyl/N-ethyl adjacent to an activating group) is 1. The number of amides is 1.